The van der Waals surface area contributed by atoms with Crippen molar-refractivity contribution < 1.29 is 9.59 Å². The van der Waals surface area contributed by atoms with E-state index >= 15 is 0 Å². The van der Waals surface area contributed by atoms with E-state index in [0.29, 0.717) is 57.3 Å². The Morgan fingerprint density at radius 2 is 1.69 bits per heavy atom. The standard InChI is InChI=1S/C26H30ClN7O2/c27-22-7-5-19(6-8-22)15-23(31-25(35)21-16-28-17-21)26(36)33-13-11-32(12-14-33)24-4-2-1-3-20(24)18-34-29-9-10-30-34/h1-10,21,23,28H,11-18H2,(H,31,35). The lowest BCUT2D eigenvalue weighted by Crippen LogP contribution is -2.58. The molecule has 1 unspecified atom stereocenters. The number of hydrogen-bond acceptors (Lipinski definition) is 6. The molecule has 9 nitrogen and oxygen atoms in total. The monoisotopic (exact) mass is 507 g/mol. The molecular weight excluding hydrogens is 478 g/mol. The number of carbonyl (C=O) groups is 2. The molecule has 0 saturated carbocycles. The Hall–Kier alpha value is -3.43. The molecule has 36 heavy (non-hydrogen) atoms. The Bertz CT molecular complexity index is 1170. The highest BCUT2D eigenvalue weighted by atomic mass is 35.5. The van der Waals surface area contributed by atoms with Gasteiger partial charge in [-0.3, -0.25) is 9.59 Å². The van der Waals surface area contributed by atoms with Crippen LogP contribution in [0.1, 0.15) is 11.1 Å². The molecule has 0 spiro atoms. The van der Waals surface area contributed by atoms with Crippen LogP contribution in [0, 0.1) is 5.92 Å². The molecule has 0 radical (unpaired) electrons. The third-order valence-electron chi connectivity index (χ3n) is 6.82. The van der Waals surface area contributed by atoms with Crippen molar-refractivity contribution in [1.29, 1.82) is 0 Å². The van der Waals surface area contributed by atoms with Crippen LogP contribution in [-0.4, -0.2) is 77.0 Å². The summed E-state index contributed by atoms with van der Waals surface area (Å²) in [5, 5.41) is 15.2. The van der Waals surface area contributed by atoms with Crippen LogP contribution >= 0.6 is 11.6 Å². The molecule has 2 aliphatic heterocycles. The van der Waals surface area contributed by atoms with E-state index in [0.717, 1.165) is 16.8 Å². The van der Waals surface area contributed by atoms with Gasteiger partial charge in [0.15, 0.2) is 0 Å². The average molecular weight is 508 g/mol. The number of nitrogens with one attached hydrogen (secondary N) is 2. The highest BCUT2D eigenvalue weighted by Gasteiger charge is 2.32. The van der Waals surface area contributed by atoms with Crippen molar-refractivity contribution in [3.8, 4) is 0 Å². The maximum Gasteiger partial charge on any atom is 0.245 e. The minimum absolute atomic E-state index is 0.0424. The van der Waals surface area contributed by atoms with Crippen molar-refractivity contribution in [3.05, 3.63) is 77.1 Å². The van der Waals surface area contributed by atoms with Crippen LogP contribution in [0.2, 0.25) is 5.02 Å². The lowest BCUT2D eigenvalue weighted by molar-refractivity contribution is -0.138. The maximum absolute atomic E-state index is 13.6. The minimum atomic E-state index is -0.607. The summed E-state index contributed by atoms with van der Waals surface area (Å²) in [5.74, 6) is -0.191. The molecule has 2 aromatic carbocycles. The van der Waals surface area contributed by atoms with Gasteiger partial charge in [-0.25, -0.2) is 0 Å². The second-order valence-corrected chi connectivity index (χ2v) is 9.68. The Labute approximate surface area is 215 Å². The fraction of sp³-hybridized carbons (Fsp3) is 0.385. The zero-order valence-electron chi connectivity index (χ0n) is 20.0. The third-order valence-corrected chi connectivity index (χ3v) is 7.07. The number of carbonyl (C=O) groups excluding carboxylic acids is 2. The number of anilines is 1. The summed E-state index contributed by atoms with van der Waals surface area (Å²) >= 11 is 6.03. The maximum atomic E-state index is 13.6. The van der Waals surface area contributed by atoms with Gasteiger partial charge in [0.05, 0.1) is 24.9 Å². The molecule has 1 aromatic heterocycles. The van der Waals surface area contributed by atoms with Crippen LogP contribution < -0.4 is 15.5 Å². The second-order valence-electron chi connectivity index (χ2n) is 9.25. The first-order valence-electron chi connectivity index (χ1n) is 12.3. The summed E-state index contributed by atoms with van der Waals surface area (Å²) in [6.07, 6.45) is 3.78. The number of aromatic nitrogens is 3. The normalized spacial score (nSPS) is 16.9. The molecule has 0 bridgehead atoms. The van der Waals surface area contributed by atoms with E-state index in [-0.39, 0.29) is 17.7 Å². The molecule has 10 heteroatoms. The summed E-state index contributed by atoms with van der Waals surface area (Å²) in [4.78, 5) is 32.1. The van der Waals surface area contributed by atoms with Gasteiger partial charge in [-0.05, 0) is 29.3 Å². The third kappa shape index (κ3) is 5.68. The van der Waals surface area contributed by atoms with Crippen molar-refractivity contribution in [2.45, 2.75) is 19.0 Å². The molecule has 2 aliphatic rings. The van der Waals surface area contributed by atoms with Crippen LogP contribution in [0.25, 0.3) is 0 Å². The van der Waals surface area contributed by atoms with E-state index < -0.39 is 6.04 Å². The number of amides is 2. The lowest BCUT2D eigenvalue weighted by Gasteiger charge is -2.38. The van der Waals surface area contributed by atoms with Gasteiger partial charge in [-0.1, -0.05) is 41.9 Å². The molecule has 5 rings (SSSR count). The molecule has 2 N–H and O–H groups in total. The summed E-state index contributed by atoms with van der Waals surface area (Å²) < 4.78 is 0. The van der Waals surface area contributed by atoms with Gasteiger partial charge >= 0.3 is 0 Å². The van der Waals surface area contributed by atoms with Crippen molar-refractivity contribution in [2.24, 2.45) is 5.92 Å². The highest BCUT2D eigenvalue weighted by Crippen LogP contribution is 2.23. The molecule has 3 aromatic rings. The summed E-state index contributed by atoms with van der Waals surface area (Å²) in [7, 11) is 0. The van der Waals surface area contributed by atoms with E-state index in [9.17, 15) is 9.59 Å². The fourth-order valence-electron chi connectivity index (χ4n) is 4.64. The van der Waals surface area contributed by atoms with Crippen LogP contribution in [0.4, 0.5) is 5.69 Å². The van der Waals surface area contributed by atoms with Gasteiger partial charge in [-0.2, -0.15) is 15.0 Å². The lowest BCUT2D eigenvalue weighted by atomic mass is 9.99. The summed E-state index contributed by atoms with van der Waals surface area (Å²) in [6, 6.07) is 15.1. The first-order valence-corrected chi connectivity index (χ1v) is 12.7. The zero-order valence-corrected chi connectivity index (χ0v) is 20.8. The predicted octanol–water partition coefficient (Wildman–Crippen LogP) is 1.58. The smallest absolute Gasteiger partial charge is 0.245 e. The van der Waals surface area contributed by atoms with Gasteiger partial charge in [0, 0.05) is 56.4 Å². The van der Waals surface area contributed by atoms with E-state index in [1.54, 1.807) is 17.2 Å². The van der Waals surface area contributed by atoms with Gasteiger partial charge in [0.1, 0.15) is 6.04 Å². The molecular formula is C26H30ClN7O2. The SMILES string of the molecule is O=C(NC(Cc1ccc(Cl)cc1)C(=O)N1CCN(c2ccccc2Cn2nccn2)CC1)C1CNC1. The Balaban J connectivity index is 1.25. The molecule has 3 heterocycles. The van der Waals surface area contributed by atoms with E-state index in [1.165, 1.54) is 0 Å². The number of benzene rings is 2. The Morgan fingerprint density at radius 3 is 2.36 bits per heavy atom. The van der Waals surface area contributed by atoms with Gasteiger partial charge < -0.3 is 20.4 Å². The van der Waals surface area contributed by atoms with Gasteiger partial charge in [0.25, 0.3) is 0 Å². The number of para-hydroxylation sites is 1. The molecule has 2 amide bonds. The van der Waals surface area contributed by atoms with E-state index in [4.69, 9.17) is 11.6 Å². The molecule has 2 saturated heterocycles. The van der Waals surface area contributed by atoms with E-state index in [2.05, 4.69) is 37.9 Å². The van der Waals surface area contributed by atoms with Gasteiger partial charge in [0.2, 0.25) is 11.8 Å². The number of nitrogens with zero attached hydrogens (tertiary/aromatic N) is 5. The van der Waals surface area contributed by atoms with Crippen molar-refractivity contribution in [1.82, 2.24) is 30.5 Å². The molecule has 0 aliphatic carbocycles. The molecule has 1 atom stereocenters. The van der Waals surface area contributed by atoms with Crippen molar-refractivity contribution >= 4 is 29.1 Å². The predicted molar refractivity (Wildman–Crippen MR) is 138 cm³/mol. The first-order chi connectivity index (χ1) is 17.6. The topological polar surface area (TPSA) is 95.4 Å². The Morgan fingerprint density at radius 1 is 1.00 bits per heavy atom. The number of piperazine rings is 1. The minimum Gasteiger partial charge on any atom is -0.368 e. The summed E-state index contributed by atoms with van der Waals surface area (Å²) in [6.45, 7) is 4.50. The van der Waals surface area contributed by atoms with Crippen LogP contribution in [0.3, 0.4) is 0 Å². The average Bonchev–Trinajstić information content (AvgIpc) is 3.37. The van der Waals surface area contributed by atoms with Crippen LogP contribution in [0.5, 0.6) is 0 Å². The number of halogens is 1. The fourth-order valence-corrected chi connectivity index (χ4v) is 4.76. The van der Waals surface area contributed by atoms with Gasteiger partial charge in [-0.15, -0.1) is 0 Å². The van der Waals surface area contributed by atoms with E-state index in [1.807, 2.05) is 41.3 Å². The number of rotatable bonds is 8. The first kappa shape index (κ1) is 24.3. The van der Waals surface area contributed by atoms with Crippen molar-refractivity contribution in [3.63, 3.8) is 0 Å². The second kappa shape index (κ2) is 11.1. The van der Waals surface area contributed by atoms with Crippen LogP contribution in [0.15, 0.2) is 60.9 Å². The van der Waals surface area contributed by atoms with Crippen LogP contribution in [-0.2, 0) is 22.6 Å². The number of hydrogen-bond donors (Lipinski definition) is 2. The summed E-state index contributed by atoms with van der Waals surface area (Å²) in [5.41, 5.74) is 3.23. The molecule has 2 fully saturated rings. The quantitative estimate of drug-likeness (QED) is 0.480. The zero-order chi connectivity index (χ0) is 24.9. The highest BCUT2D eigenvalue weighted by molar-refractivity contribution is 6.30. The Kier molecular flexibility index (Phi) is 7.48. The molecule has 188 valence electrons. The van der Waals surface area contributed by atoms with Crippen molar-refractivity contribution in [2.75, 3.05) is 44.2 Å². The largest absolute Gasteiger partial charge is 0.368 e.